The third-order valence-corrected chi connectivity index (χ3v) is 4.90. The largest absolute Gasteiger partial charge is 0.468 e. The maximum absolute atomic E-state index is 12.0. The fourth-order valence-corrected chi connectivity index (χ4v) is 3.41. The maximum Gasteiger partial charge on any atom is 0.322 e. The molecular formula is C16H29N3O3. The molecule has 2 fully saturated rings. The third-order valence-electron chi connectivity index (χ3n) is 4.90. The molecule has 6 heteroatoms. The quantitative estimate of drug-likeness (QED) is 0.775. The van der Waals surface area contributed by atoms with Crippen LogP contribution in [0, 0.1) is 0 Å². The van der Waals surface area contributed by atoms with E-state index in [0.29, 0.717) is 6.04 Å². The van der Waals surface area contributed by atoms with Crippen molar-refractivity contribution in [2.45, 2.75) is 70.0 Å². The summed E-state index contributed by atoms with van der Waals surface area (Å²) in [6, 6.07) is 0.297. The number of rotatable bonds is 4. The van der Waals surface area contributed by atoms with E-state index >= 15 is 0 Å². The molecule has 1 saturated heterocycles. The molecule has 2 amide bonds. The van der Waals surface area contributed by atoms with Gasteiger partial charge in [-0.25, -0.2) is 4.79 Å². The normalized spacial score (nSPS) is 22.8. The first-order chi connectivity index (χ1) is 10.6. The molecule has 1 aliphatic carbocycles. The van der Waals surface area contributed by atoms with E-state index in [2.05, 4.69) is 15.5 Å². The summed E-state index contributed by atoms with van der Waals surface area (Å²) in [5.74, 6) is -0.193. The standard InChI is InChI=1S/C16H29N3O3/c1-12(15(20)22-2)19-10-8-14(9-11-19)18-16(21)17-13-6-4-3-5-7-13/h12-14H,3-11H2,1-2H3,(H2,17,18,21)/t12-/m1/s1. The van der Waals surface area contributed by atoms with Crippen molar-refractivity contribution in [1.29, 1.82) is 0 Å². The number of nitrogens with zero attached hydrogens (tertiary/aromatic N) is 1. The highest BCUT2D eigenvalue weighted by atomic mass is 16.5. The van der Waals surface area contributed by atoms with Crippen LogP contribution < -0.4 is 10.6 Å². The van der Waals surface area contributed by atoms with Gasteiger partial charge in [-0.3, -0.25) is 9.69 Å². The van der Waals surface area contributed by atoms with E-state index in [1.54, 1.807) is 0 Å². The van der Waals surface area contributed by atoms with Gasteiger partial charge in [0, 0.05) is 25.2 Å². The first-order valence-electron chi connectivity index (χ1n) is 8.49. The SMILES string of the molecule is COC(=O)[C@@H](C)N1CCC(NC(=O)NC2CCCCC2)CC1. The van der Waals surface area contributed by atoms with Gasteiger partial charge in [0.05, 0.1) is 7.11 Å². The average molecular weight is 311 g/mol. The number of likely N-dealkylation sites (tertiary alicyclic amines) is 1. The smallest absolute Gasteiger partial charge is 0.322 e. The van der Waals surface area contributed by atoms with Crippen LogP contribution in [-0.4, -0.2) is 55.2 Å². The molecule has 1 aliphatic heterocycles. The summed E-state index contributed by atoms with van der Waals surface area (Å²) < 4.78 is 4.78. The Morgan fingerprint density at radius 3 is 2.09 bits per heavy atom. The molecular weight excluding hydrogens is 282 g/mol. The molecule has 0 aromatic carbocycles. The summed E-state index contributed by atoms with van der Waals surface area (Å²) in [4.78, 5) is 25.7. The highest BCUT2D eigenvalue weighted by Crippen LogP contribution is 2.18. The van der Waals surface area contributed by atoms with Gasteiger partial charge in [0.2, 0.25) is 0 Å². The Kier molecular flexibility index (Phi) is 6.49. The molecule has 2 rings (SSSR count). The summed E-state index contributed by atoms with van der Waals surface area (Å²) in [5, 5.41) is 6.17. The molecule has 2 N–H and O–H groups in total. The predicted molar refractivity (Wildman–Crippen MR) is 84.6 cm³/mol. The van der Waals surface area contributed by atoms with Crippen LogP contribution >= 0.6 is 0 Å². The number of carbonyl (C=O) groups is 2. The van der Waals surface area contributed by atoms with Gasteiger partial charge in [-0.2, -0.15) is 0 Å². The molecule has 0 aromatic heterocycles. The molecule has 6 nitrogen and oxygen atoms in total. The molecule has 0 radical (unpaired) electrons. The summed E-state index contributed by atoms with van der Waals surface area (Å²) in [6.45, 7) is 3.49. The fourth-order valence-electron chi connectivity index (χ4n) is 3.41. The number of urea groups is 1. The van der Waals surface area contributed by atoms with Crippen LogP contribution in [0.2, 0.25) is 0 Å². The van der Waals surface area contributed by atoms with E-state index in [-0.39, 0.29) is 24.1 Å². The van der Waals surface area contributed by atoms with Crippen molar-refractivity contribution in [3.05, 3.63) is 0 Å². The number of hydrogen-bond donors (Lipinski definition) is 2. The molecule has 126 valence electrons. The lowest BCUT2D eigenvalue weighted by atomic mass is 9.96. The number of piperidine rings is 1. The summed E-state index contributed by atoms with van der Waals surface area (Å²) in [7, 11) is 1.42. The van der Waals surface area contributed by atoms with E-state index in [1.807, 2.05) is 6.92 Å². The third kappa shape index (κ3) is 4.87. The van der Waals surface area contributed by atoms with Crippen LogP contribution in [0.25, 0.3) is 0 Å². The van der Waals surface area contributed by atoms with Gasteiger partial charge in [0.1, 0.15) is 6.04 Å². The first-order valence-corrected chi connectivity index (χ1v) is 8.49. The van der Waals surface area contributed by atoms with Crippen molar-refractivity contribution >= 4 is 12.0 Å². The number of methoxy groups -OCH3 is 1. The summed E-state index contributed by atoms with van der Waals surface area (Å²) >= 11 is 0. The van der Waals surface area contributed by atoms with E-state index in [4.69, 9.17) is 4.74 Å². The van der Waals surface area contributed by atoms with E-state index in [0.717, 1.165) is 38.8 Å². The minimum absolute atomic E-state index is 0.0358. The van der Waals surface area contributed by atoms with E-state index in [9.17, 15) is 9.59 Å². The van der Waals surface area contributed by atoms with Gasteiger partial charge in [0.15, 0.2) is 0 Å². The van der Waals surface area contributed by atoms with Gasteiger partial charge >= 0.3 is 12.0 Å². The van der Waals surface area contributed by atoms with Gasteiger partial charge in [0.25, 0.3) is 0 Å². The number of esters is 1. The van der Waals surface area contributed by atoms with Crippen molar-refractivity contribution in [2.24, 2.45) is 0 Å². The molecule has 1 saturated carbocycles. The minimum Gasteiger partial charge on any atom is -0.468 e. The zero-order valence-electron chi connectivity index (χ0n) is 13.8. The van der Waals surface area contributed by atoms with E-state index in [1.165, 1.54) is 26.4 Å². The Bertz CT molecular complexity index is 375. The number of amides is 2. The topological polar surface area (TPSA) is 70.7 Å². The van der Waals surface area contributed by atoms with E-state index < -0.39 is 0 Å². The van der Waals surface area contributed by atoms with Crippen LogP contribution in [0.4, 0.5) is 4.79 Å². The lowest BCUT2D eigenvalue weighted by molar-refractivity contribution is -0.146. The monoisotopic (exact) mass is 311 g/mol. The molecule has 0 unspecified atom stereocenters. The number of hydrogen-bond acceptors (Lipinski definition) is 4. The second-order valence-corrected chi connectivity index (χ2v) is 6.46. The van der Waals surface area contributed by atoms with Crippen LogP contribution in [0.1, 0.15) is 51.9 Å². The zero-order chi connectivity index (χ0) is 15.9. The van der Waals surface area contributed by atoms with Crippen molar-refractivity contribution in [1.82, 2.24) is 15.5 Å². The fraction of sp³-hybridized carbons (Fsp3) is 0.875. The molecule has 0 aromatic rings. The van der Waals surface area contributed by atoms with Crippen LogP contribution in [0.5, 0.6) is 0 Å². The Hall–Kier alpha value is -1.30. The van der Waals surface area contributed by atoms with Gasteiger partial charge in [-0.05, 0) is 32.6 Å². The minimum atomic E-state index is -0.206. The second kappa shape index (κ2) is 8.36. The van der Waals surface area contributed by atoms with Gasteiger partial charge in [-0.15, -0.1) is 0 Å². The molecule has 0 spiro atoms. The number of nitrogens with one attached hydrogen (secondary N) is 2. The maximum atomic E-state index is 12.0. The van der Waals surface area contributed by atoms with Crippen molar-refractivity contribution in [3.63, 3.8) is 0 Å². The van der Waals surface area contributed by atoms with Gasteiger partial charge < -0.3 is 15.4 Å². The Labute approximate surface area is 132 Å². The molecule has 1 heterocycles. The molecule has 22 heavy (non-hydrogen) atoms. The lowest BCUT2D eigenvalue weighted by Crippen LogP contribution is -2.52. The predicted octanol–water partition coefficient (Wildman–Crippen LogP) is 1.64. The number of ether oxygens (including phenoxy) is 1. The highest BCUT2D eigenvalue weighted by molar-refractivity contribution is 5.75. The van der Waals surface area contributed by atoms with Crippen molar-refractivity contribution in [2.75, 3.05) is 20.2 Å². The first kappa shape index (κ1) is 17.1. The van der Waals surface area contributed by atoms with Crippen molar-refractivity contribution < 1.29 is 14.3 Å². The Balaban J connectivity index is 1.68. The summed E-state index contributed by atoms with van der Waals surface area (Å²) in [6.07, 6.45) is 7.67. The Morgan fingerprint density at radius 2 is 1.55 bits per heavy atom. The lowest BCUT2D eigenvalue weighted by Gasteiger charge is -2.35. The Morgan fingerprint density at radius 1 is 1.00 bits per heavy atom. The van der Waals surface area contributed by atoms with Crippen LogP contribution in [0.15, 0.2) is 0 Å². The number of carbonyl (C=O) groups excluding carboxylic acids is 2. The molecule has 1 atom stereocenters. The highest BCUT2D eigenvalue weighted by Gasteiger charge is 2.28. The summed E-state index contributed by atoms with van der Waals surface area (Å²) in [5.41, 5.74) is 0. The van der Waals surface area contributed by atoms with Crippen molar-refractivity contribution in [3.8, 4) is 0 Å². The van der Waals surface area contributed by atoms with Gasteiger partial charge in [-0.1, -0.05) is 19.3 Å². The van der Waals surface area contributed by atoms with Crippen LogP contribution in [0.3, 0.4) is 0 Å². The van der Waals surface area contributed by atoms with Crippen LogP contribution in [-0.2, 0) is 9.53 Å². The average Bonchev–Trinajstić information content (AvgIpc) is 2.55. The second-order valence-electron chi connectivity index (χ2n) is 6.46. The molecule has 0 bridgehead atoms. The zero-order valence-corrected chi connectivity index (χ0v) is 13.8. The molecule has 2 aliphatic rings.